The first kappa shape index (κ1) is 14.3. The minimum Gasteiger partial charge on any atom is -0.462 e. The standard InChI is InChI=1S/C15H24O5/c1-8-4-11(17)15(19)13(3,7-16)9(2)10-5-14(8,15)6-12(18)20-10/h8-11,16-17,19H,4-7H2,1-3H3/t8-,9-,10?,11?,13-,14?,15?/m1/s1. The summed E-state index contributed by atoms with van der Waals surface area (Å²) in [5.41, 5.74) is -3.00. The fourth-order valence-corrected chi connectivity index (χ4v) is 5.30. The molecular formula is C15H24O5. The maximum absolute atomic E-state index is 12.0. The van der Waals surface area contributed by atoms with E-state index in [1.54, 1.807) is 6.92 Å². The fourth-order valence-electron chi connectivity index (χ4n) is 5.30. The Morgan fingerprint density at radius 3 is 2.65 bits per heavy atom. The van der Waals surface area contributed by atoms with E-state index in [0.29, 0.717) is 12.8 Å². The number of esters is 1. The highest BCUT2D eigenvalue weighted by atomic mass is 16.5. The molecule has 2 saturated carbocycles. The van der Waals surface area contributed by atoms with Crippen molar-refractivity contribution in [1.82, 2.24) is 0 Å². The molecule has 0 aromatic heterocycles. The van der Waals surface area contributed by atoms with Gasteiger partial charge in [-0.25, -0.2) is 0 Å². The summed E-state index contributed by atoms with van der Waals surface area (Å²) in [5, 5.41) is 31.9. The van der Waals surface area contributed by atoms with Gasteiger partial charge in [0.25, 0.3) is 0 Å². The molecule has 20 heavy (non-hydrogen) atoms. The summed E-state index contributed by atoms with van der Waals surface area (Å²) in [6.07, 6.45) is -0.0470. The molecule has 1 heterocycles. The van der Waals surface area contributed by atoms with Crippen molar-refractivity contribution in [3.05, 3.63) is 0 Å². The zero-order valence-corrected chi connectivity index (χ0v) is 12.3. The van der Waals surface area contributed by atoms with Crippen molar-refractivity contribution in [3.8, 4) is 0 Å². The van der Waals surface area contributed by atoms with E-state index < -0.39 is 22.5 Å². The van der Waals surface area contributed by atoms with Gasteiger partial charge in [-0.3, -0.25) is 4.79 Å². The molecule has 0 aromatic rings. The zero-order valence-electron chi connectivity index (χ0n) is 12.3. The number of fused-ring (bicyclic) bond motifs is 1. The Bertz CT molecular complexity index is 452. The predicted octanol–water partition coefficient (Wildman–Crippen LogP) is 0.458. The van der Waals surface area contributed by atoms with Crippen molar-refractivity contribution in [2.24, 2.45) is 22.7 Å². The lowest BCUT2D eigenvalue weighted by atomic mass is 9.46. The second kappa shape index (κ2) is 3.96. The number of rotatable bonds is 1. The van der Waals surface area contributed by atoms with Crippen molar-refractivity contribution in [3.63, 3.8) is 0 Å². The second-order valence-electron chi connectivity index (χ2n) is 7.35. The summed E-state index contributed by atoms with van der Waals surface area (Å²) in [4.78, 5) is 12.0. The van der Waals surface area contributed by atoms with E-state index in [9.17, 15) is 20.1 Å². The van der Waals surface area contributed by atoms with Crippen molar-refractivity contribution >= 4 is 5.97 Å². The fraction of sp³-hybridized carbons (Fsp3) is 0.933. The Morgan fingerprint density at radius 1 is 1.40 bits per heavy atom. The van der Waals surface area contributed by atoms with Crippen LogP contribution in [0.5, 0.6) is 0 Å². The second-order valence-corrected chi connectivity index (χ2v) is 7.35. The Labute approximate surface area is 118 Å². The molecule has 1 spiro atoms. The van der Waals surface area contributed by atoms with Crippen LogP contribution in [0.25, 0.3) is 0 Å². The molecule has 3 N–H and O–H groups in total. The summed E-state index contributed by atoms with van der Waals surface area (Å²) >= 11 is 0. The summed E-state index contributed by atoms with van der Waals surface area (Å²) in [6, 6.07) is 0. The molecular weight excluding hydrogens is 260 g/mol. The van der Waals surface area contributed by atoms with Crippen molar-refractivity contribution in [2.45, 2.75) is 57.8 Å². The van der Waals surface area contributed by atoms with Gasteiger partial charge in [-0.2, -0.15) is 0 Å². The smallest absolute Gasteiger partial charge is 0.306 e. The van der Waals surface area contributed by atoms with Crippen LogP contribution in [0.1, 0.15) is 40.0 Å². The third-order valence-corrected chi connectivity index (χ3v) is 6.83. The molecule has 5 nitrogen and oxygen atoms in total. The lowest BCUT2D eigenvalue weighted by Crippen LogP contribution is -2.73. The maximum Gasteiger partial charge on any atom is 0.306 e. The molecule has 3 aliphatic rings. The summed E-state index contributed by atoms with van der Waals surface area (Å²) in [6.45, 7) is 5.44. The summed E-state index contributed by atoms with van der Waals surface area (Å²) < 4.78 is 5.46. The molecule has 1 saturated heterocycles. The van der Waals surface area contributed by atoms with Gasteiger partial charge in [0, 0.05) is 16.7 Å². The molecule has 3 fully saturated rings. The molecule has 0 amide bonds. The lowest BCUT2D eigenvalue weighted by Gasteiger charge is -2.64. The summed E-state index contributed by atoms with van der Waals surface area (Å²) in [7, 11) is 0. The van der Waals surface area contributed by atoms with Crippen LogP contribution in [0.15, 0.2) is 0 Å². The monoisotopic (exact) mass is 284 g/mol. The number of hydrogen-bond donors (Lipinski definition) is 3. The van der Waals surface area contributed by atoms with Crippen molar-refractivity contribution < 1.29 is 24.9 Å². The van der Waals surface area contributed by atoms with Crippen LogP contribution in [0.2, 0.25) is 0 Å². The van der Waals surface area contributed by atoms with Gasteiger partial charge >= 0.3 is 5.97 Å². The Balaban J connectivity index is 2.22. The van der Waals surface area contributed by atoms with Gasteiger partial charge in [-0.1, -0.05) is 20.8 Å². The van der Waals surface area contributed by atoms with Gasteiger partial charge in [0.2, 0.25) is 0 Å². The third-order valence-electron chi connectivity index (χ3n) is 6.83. The van der Waals surface area contributed by atoms with Crippen molar-refractivity contribution in [1.29, 1.82) is 0 Å². The number of carbonyl (C=O) groups excluding carboxylic acids is 1. The highest BCUT2D eigenvalue weighted by molar-refractivity contribution is 5.72. The lowest BCUT2D eigenvalue weighted by molar-refractivity contribution is -0.292. The number of aliphatic hydroxyl groups is 3. The molecule has 2 bridgehead atoms. The first-order chi connectivity index (χ1) is 9.23. The Kier molecular flexibility index (Phi) is 2.83. The van der Waals surface area contributed by atoms with Crippen LogP contribution in [-0.2, 0) is 9.53 Å². The first-order valence-corrected chi connectivity index (χ1v) is 7.44. The van der Waals surface area contributed by atoms with Gasteiger partial charge in [0.1, 0.15) is 11.7 Å². The predicted molar refractivity (Wildman–Crippen MR) is 70.6 cm³/mol. The summed E-state index contributed by atoms with van der Waals surface area (Å²) in [5.74, 6) is -0.474. The van der Waals surface area contributed by atoms with E-state index in [1.165, 1.54) is 0 Å². The quantitative estimate of drug-likeness (QED) is 0.609. The molecule has 2 aliphatic carbocycles. The van der Waals surface area contributed by atoms with E-state index in [0.717, 1.165) is 0 Å². The normalized spacial score (nSPS) is 58.2. The van der Waals surface area contributed by atoms with Gasteiger partial charge in [-0.15, -0.1) is 0 Å². The first-order valence-electron chi connectivity index (χ1n) is 7.44. The Morgan fingerprint density at radius 2 is 2.05 bits per heavy atom. The molecule has 5 heteroatoms. The highest BCUT2D eigenvalue weighted by Crippen LogP contribution is 2.68. The largest absolute Gasteiger partial charge is 0.462 e. The minimum absolute atomic E-state index is 0.0243. The molecule has 4 unspecified atom stereocenters. The Hall–Kier alpha value is -0.650. The van der Waals surface area contributed by atoms with Gasteiger partial charge in [0.15, 0.2) is 0 Å². The average molecular weight is 284 g/mol. The van der Waals surface area contributed by atoms with Gasteiger partial charge < -0.3 is 20.1 Å². The van der Waals surface area contributed by atoms with E-state index in [4.69, 9.17) is 4.74 Å². The van der Waals surface area contributed by atoms with Gasteiger partial charge in [0.05, 0.1) is 19.1 Å². The topological polar surface area (TPSA) is 87.0 Å². The average Bonchev–Trinajstić information content (AvgIpc) is 2.58. The van der Waals surface area contributed by atoms with Crippen LogP contribution in [-0.4, -0.2) is 45.7 Å². The van der Waals surface area contributed by atoms with Crippen LogP contribution in [0.3, 0.4) is 0 Å². The van der Waals surface area contributed by atoms with Crippen LogP contribution in [0, 0.1) is 22.7 Å². The zero-order chi connectivity index (χ0) is 14.9. The van der Waals surface area contributed by atoms with Crippen LogP contribution < -0.4 is 0 Å². The molecule has 3 rings (SSSR count). The molecule has 1 aliphatic heterocycles. The SMILES string of the molecule is C[C@@H]1CC(O)C2(O)C13CC(=O)OC(C3)[C@@H](C)[C@@]2(C)CO. The van der Waals surface area contributed by atoms with Crippen LogP contribution >= 0.6 is 0 Å². The molecule has 7 atom stereocenters. The van der Waals surface area contributed by atoms with E-state index in [2.05, 4.69) is 0 Å². The van der Waals surface area contributed by atoms with Crippen LogP contribution in [0.4, 0.5) is 0 Å². The van der Waals surface area contributed by atoms with E-state index in [-0.39, 0.29) is 36.9 Å². The minimum atomic E-state index is -1.44. The van der Waals surface area contributed by atoms with Gasteiger partial charge in [-0.05, 0) is 18.8 Å². The number of carbonyl (C=O) groups is 1. The maximum atomic E-state index is 12.0. The molecule has 0 radical (unpaired) electrons. The van der Waals surface area contributed by atoms with E-state index in [1.807, 2.05) is 13.8 Å². The molecule has 114 valence electrons. The number of hydrogen-bond acceptors (Lipinski definition) is 5. The highest BCUT2D eigenvalue weighted by Gasteiger charge is 2.76. The number of ether oxygens (including phenoxy) is 1. The number of aliphatic hydroxyl groups excluding tert-OH is 2. The van der Waals surface area contributed by atoms with Crippen molar-refractivity contribution in [2.75, 3.05) is 6.61 Å². The van der Waals surface area contributed by atoms with E-state index >= 15 is 0 Å². The third kappa shape index (κ3) is 1.27. The molecule has 0 aromatic carbocycles.